The van der Waals surface area contributed by atoms with Crippen LogP contribution in [0.4, 0.5) is 5.69 Å². The number of hydrogen-bond donors (Lipinski definition) is 6. The van der Waals surface area contributed by atoms with Gasteiger partial charge in [-0.15, -0.1) is 0 Å². The van der Waals surface area contributed by atoms with Gasteiger partial charge in [0.25, 0.3) is 17.7 Å². The molecule has 1 heterocycles. The van der Waals surface area contributed by atoms with Crippen LogP contribution in [-0.4, -0.2) is 59.4 Å². The molecule has 2 atom stereocenters. The van der Waals surface area contributed by atoms with Crippen molar-refractivity contribution in [1.82, 2.24) is 16.1 Å². The molecular weight excluding hydrogens is 532 g/mol. The van der Waals surface area contributed by atoms with Crippen LogP contribution < -0.4 is 30.9 Å². The van der Waals surface area contributed by atoms with Crippen LogP contribution in [0.15, 0.2) is 66.7 Å². The predicted molar refractivity (Wildman–Crippen MR) is 145 cm³/mol. The van der Waals surface area contributed by atoms with Crippen molar-refractivity contribution in [3.05, 3.63) is 89.0 Å². The van der Waals surface area contributed by atoms with E-state index in [0.717, 1.165) is 0 Å². The van der Waals surface area contributed by atoms with E-state index in [-0.39, 0.29) is 24.5 Å². The summed E-state index contributed by atoms with van der Waals surface area (Å²) in [4.78, 5) is 48.8. The van der Waals surface area contributed by atoms with Crippen molar-refractivity contribution in [3.8, 4) is 23.3 Å². The number of para-hydroxylation sites is 1. The SMILES string of the molecule is C[C@@H](O)[C@H](NC(=O)c1ccc(C#Cc2ccc(NC(=O)CNC(=O)c3cccc4c3OCO4)cc2)cc1)C(=O)NO. The van der Waals surface area contributed by atoms with Gasteiger partial charge in [-0.3, -0.25) is 24.4 Å². The fraction of sp³-hybridized carbons (Fsp3) is 0.172. The van der Waals surface area contributed by atoms with Crippen LogP contribution in [0.1, 0.15) is 38.8 Å². The molecule has 0 fully saturated rings. The average Bonchev–Trinajstić information content (AvgIpc) is 3.47. The van der Waals surface area contributed by atoms with E-state index in [4.69, 9.17) is 14.7 Å². The Balaban J connectivity index is 1.28. The summed E-state index contributed by atoms with van der Waals surface area (Å²) in [7, 11) is 0. The third-order valence-electron chi connectivity index (χ3n) is 5.88. The maximum Gasteiger partial charge on any atom is 0.268 e. The second kappa shape index (κ2) is 13.1. The highest BCUT2D eigenvalue weighted by molar-refractivity contribution is 6.01. The zero-order valence-electron chi connectivity index (χ0n) is 21.8. The fourth-order valence-corrected chi connectivity index (χ4v) is 3.76. The second-order valence-corrected chi connectivity index (χ2v) is 8.84. The molecule has 0 spiro atoms. The van der Waals surface area contributed by atoms with Crippen molar-refractivity contribution in [2.45, 2.75) is 19.1 Å². The van der Waals surface area contributed by atoms with Gasteiger partial charge in [0, 0.05) is 22.4 Å². The van der Waals surface area contributed by atoms with E-state index in [0.29, 0.717) is 28.3 Å². The number of aliphatic hydroxyl groups is 1. The van der Waals surface area contributed by atoms with Crippen LogP contribution in [-0.2, 0) is 9.59 Å². The smallest absolute Gasteiger partial charge is 0.268 e. The second-order valence-electron chi connectivity index (χ2n) is 8.84. The van der Waals surface area contributed by atoms with Gasteiger partial charge in [-0.25, -0.2) is 5.48 Å². The lowest BCUT2D eigenvalue weighted by molar-refractivity contribution is -0.133. The highest BCUT2D eigenvalue weighted by Crippen LogP contribution is 2.35. The predicted octanol–water partition coefficient (Wildman–Crippen LogP) is 1.17. The Labute approximate surface area is 234 Å². The maximum atomic E-state index is 12.5. The van der Waals surface area contributed by atoms with Crippen LogP contribution in [0.25, 0.3) is 0 Å². The highest BCUT2D eigenvalue weighted by Gasteiger charge is 2.26. The molecule has 41 heavy (non-hydrogen) atoms. The Morgan fingerprint density at radius 1 is 0.902 bits per heavy atom. The van der Waals surface area contributed by atoms with Crippen molar-refractivity contribution >= 4 is 29.3 Å². The molecule has 3 aromatic rings. The maximum absolute atomic E-state index is 12.5. The van der Waals surface area contributed by atoms with Crippen molar-refractivity contribution in [2.24, 2.45) is 0 Å². The first-order chi connectivity index (χ1) is 19.7. The molecule has 0 aliphatic carbocycles. The Hall–Kier alpha value is -5.38. The number of carbonyl (C=O) groups excluding carboxylic acids is 4. The number of ether oxygens (including phenoxy) is 2. The molecule has 4 amide bonds. The Kier molecular flexibility index (Phi) is 9.16. The van der Waals surface area contributed by atoms with Gasteiger partial charge in [0.15, 0.2) is 11.5 Å². The summed E-state index contributed by atoms with van der Waals surface area (Å²) >= 11 is 0. The number of fused-ring (bicyclic) bond motifs is 1. The molecule has 3 aromatic carbocycles. The Bertz CT molecular complexity index is 1510. The summed E-state index contributed by atoms with van der Waals surface area (Å²) in [5, 5.41) is 26.0. The van der Waals surface area contributed by atoms with E-state index in [9.17, 15) is 24.3 Å². The number of rotatable bonds is 8. The van der Waals surface area contributed by atoms with E-state index < -0.39 is 35.8 Å². The van der Waals surface area contributed by atoms with Crippen molar-refractivity contribution in [3.63, 3.8) is 0 Å². The average molecular weight is 559 g/mol. The number of hydroxylamine groups is 1. The standard InChI is InChI=1S/C29H26N4O8/c1-17(34)25(29(38)33-39)32-27(36)20-11-7-18(8-12-20)5-6-19-9-13-21(14-10-19)31-24(35)15-30-28(37)22-3-2-4-23-26(22)41-16-40-23/h2-4,7-14,17,25,34,39H,15-16H2,1H3,(H,30,37)(H,31,35)(H,32,36)(H,33,38)/t17-,25+/m1/s1. The minimum absolute atomic E-state index is 0.0342. The molecule has 1 aliphatic rings. The first-order valence-electron chi connectivity index (χ1n) is 12.4. The van der Waals surface area contributed by atoms with Crippen LogP contribution >= 0.6 is 0 Å². The van der Waals surface area contributed by atoms with E-state index in [1.807, 2.05) is 0 Å². The molecule has 0 radical (unpaired) electrons. The summed E-state index contributed by atoms with van der Waals surface area (Å²) in [6.07, 6.45) is -1.22. The zero-order chi connectivity index (χ0) is 29.4. The van der Waals surface area contributed by atoms with Crippen LogP contribution in [0.2, 0.25) is 0 Å². The summed E-state index contributed by atoms with van der Waals surface area (Å²) in [5.74, 6) is 4.35. The number of nitrogens with one attached hydrogen (secondary N) is 4. The summed E-state index contributed by atoms with van der Waals surface area (Å²) < 4.78 is 10.6. The number of carbonyl (C=O) groups is 4. The van der Waals surface area contributed by atoms with Gasteiger partial charge < -0.3 is 30.5 Å². The molecule has 0 saturated heterocycles. The zero-order valence-corrected chi connectivity index (χ0v) is 21.8. The quantitative estimate of drug-likeness (QED) is 0.136. The van der Waals surface area contributed by atoms with Gasteiger partial charge in [0.05, 0.1) is 18.2 Å². The van der Waals surface area contributed by atoms with Crippen LogP contribution in [0.3, 0.4) is 0 Å². The summed E-state index contributed by atoms with van der Waals surface area (Å²) in [6, 6.07) is 16.7. The minimum Gasteiger partial charge on any atom is -0.454 e. The first-order valence-corrected chi connectivity index (χ1v) is 12.4. The van der Waals surface area contributed by atoms with E-state index in [1.165, 1.54) is 24.5 Å². The van der Waals surface area contributed by atoms with Gasteiger partial charge in [0.2, 0.25) is 12.7 Å². The van der Waals surface area contributed by atoms with E-state index in [2.05, 4.69) is 27.8 Å². The molecule has 0 aromatic heterocycles. The van der Waals surface area contributed by atoms with Crippen molar-refractivity contribution in [1.29, 1.82) is 0 Å². The van der Waals surface area contributed by atoms with E-state index >= 15 is 0 Å². The summed E-state index contributed by atoms with van der Waals surface area (Å²) in [5.41, 5.74) is 3.74. The Morgan fingerprint density at radius 3 is 2.20 bits per heavy atom. The molecule has 0 bridgehead atoms. The fourth-order valence-electron chi connectivity index (χ4n) is 3.76. The number of anilines is 1. The van der Waals surface area contributed by atoms with Crippen LogP contribution in [0.5, 0.6) is 11.5 Å². The highest BCUT2D eigenvalue weighted by atomic mass is 16.7. The van der Waals surface area contributed by atoms with Gasteiger partial charge >= 0.3 is 0 Å². The lowest BCUT2D eigenvalue weighted by Gasteiger charge is -2.19. The molecule has 4 rings (SSSR count). The molecule has 0 unspecified atom stereocenters. The minimum atomic E-state index is -1.32. The molecular formula is C29H26N4O8. The van der Waals surface area contributed by atoms with Gasteiger partial charge in [0.1, 0.15) is 6.04 Å². The first kappa shape index (κ1) is 28.6. The molecule has 210 valence electrons. The normalized spacial score (nSPS) is 12.7. The summed E-state index contributed by atoms with van der Waals surface area (Å²) in [6.45, 7) is 1.10. The molecule has 12 heteroatoms. The topological polar surface area (TPSA) is 175 Å². The molecule has 1 aliphatic heterocycles. The lowest BCUT2D eigenvalue weighted by Crippen LogP contribution is -2.51. The van der Waals surface area contributed by atoms with Crippen LogP contribution in [0, 0.1) is 11.8 Å². The number of amides is 4. The van der Waals surface area contributed by atoms with Crippen molar-refractivity contribution in [2.75, 3.05) is 18.7 Å². The molecule has 12 nitrogen and oxygen atoms in total. The van der Waals surface area contributed by atoms with Gasteiger partial charge in [-0.2, -0.15) is 0 Å². The largest absolute Gasteiger partial charge is 0.454 e. The lowest BCUT2D eigenvalue weighted by atomic mass is 10.1. The molecule has 0 saturated carbocycles. The number of benzene rings is 3. The van der Waals surface area contributed by atoms with E-state index in [1.54, 1.807) is 54.6 Å². The third kappa shape index (κ3) is 7.39. The third-order valence-corrected chi connectivity index (χ3v) is 5.88. The monoisotopic (exact) mass is 558 g/mol. The van der Waals surface area contributed by atoms with Crippen molar-refractivity contribution < 1.29 is 39.0 Å². The van der Waals surface area contributed by atoms with Gasteiger partial charge in [-0.1, -0.05) is 17.9 Å². The Morgan fingerprint density at radius 2 is 1.56 bits per heavy atom. The number of aliphatic hydroxyl groups excluding tert-OH is 1. The molecule has 6 N–H and O–H groups in total. The number of hydrogen-bond acceptors (Lipinski definition) is 8. The van der Waals surface area contributed by atoms with Gasteiger partial charge in [-0.05, 0) is 67.6 Å².